The molecule has 85 heavy (non-hydrogen) atoms. The molecule has 8 nitrogen and oxygen atoms in total. The molecule has 0 aliphatic carbocycles. The SMILES string of the molecule is C[B]P.Cc1cc(-c2ccccc2)c2ccc3c(-c4ccccc4)cc(C)nc3c2n1.[3H]P([B])I.c1ccc(-n2c(-c3cc(-c4nc5ccccc5n4-c4ccccc4)cc(-c4nc5ccccc5n4-c4ccccc4)c3)nc3ccccc32)cc1. The van der Waals surface area contributed by atoms with Crippen LogP contribution in [0.15, 0.2) is 267 Å². The third-order valence-electron chi connectivity index (χ3n) is 14.6. The van der Waals surface area contributed by atoms with Crippen molar-refractivity contribution in [2.75, 3.05) is 0 Å². The van der Waals surface area contributed by atoms with Crippen LogP contribution in [0.1, 0.15) is 11.4 Å². The number of pyridine rings is 2. The summed E-state index contributed by atoms with van der Waals surface area (Å²) in [7, 11) is 7.28. The number of aromatic nitrogens is 8. The minimum absolute atomic E-state index is 0.843. The second kappa shape index (κ2) is 26.0. The van der Waals surface area contributed by atoms with Crippen molar-refractivity contribution in [3.05, 3.63) is 278 Å². The lowest BCUT2D eigenvalue weighted by Gasteiger charge is -2.15. The van der Waals surface area contributed by atoms with Crippen molar-refractivity contribution in [3.63, 3.8) is 0 Å². The molecule has 10 aromatic carbocycles. The molecule has 0 saturated carbocycles. The zero-order valence-corrected chi connectivity index (χ0v) is 51.2. The molecule has 5 aromatic heterocycles. The van der Waals surface area contributed by atoms with E-state index in [-0.39, 0.29) is 0 Å². The number of aryl methyl sites for hydroxylation is 2. The van der Waals surface area contributed by atoms with Crippen molar-refractivity contribution < 1.29 is 0 Å². The van der Waals surface area contributed by atoms with Crippen LogP contribution in [0.3, 0.4) is 0 Å². The number of nitrogens with zero attached hydrogens (tertiary/aromatic N) is 8. The summed E-state index contributed by atoms with van der Waals surface area (Å²) in [5.74, 6) is 2.53. The topological polar surface area (TPSA) is 79.2 Å². The van der Waals surface area contributed by atoms with Gasteiger partial charge in [0.1, 0.15) is 32.0 Å². The standard InChI is InChI=1S/C45H30N6.C26H20N2.CH5BP.BHIP/c1-4-16-34(17-5-1)49-40-25-13-10-22-37(40)46-43(49)31-28-32(44-47-38-23-11-14-26-41(38)50(44)35-18-6-2-7-19-35)30-33(29-31)45-48-39-24-12-15-27-42(39)51(45)36-20-8-3-9-21-36;1-17-15-23(19-9-5-3-6-10-19)21-13-14-22-24(20-11-7-4-8-12-20)16-18(2)28-26(22)25(21)27-17;1-2-3;1-3-2/h1-30H;3-16H,1-2H3;3H2,1H3;3H/i;;;3T. The number of hydrogen-bond donors (Lipinski definition) is 0. The summed E-state index contributed by atoms with van der Waals surface area (Å²) in [6, 6.07) is 91.8. The predicted molar refractivity (Wildman–Crippen MR) is 373 cm³/mol. The molecular formula is C72H56B2IN8P2. The molecule has 0 amide bonds. The molecule has 2 unspecified atom stereocenters. The Morgan fingerprint density at radius 2 is 0.647 bits per heavy atom. The molecule has 0 aliphatic rings. The highest BCUT2D eigenvalue weighted by Crippen LogP contribution is 2.40. The molecule has 0 N–H and O–H groups in total. The first-order chi connectivity index (χ1) is 42.1. The Bertz CT molecular complexity index is 4400. The fourth-order valence-electron chi connectivity index (χ4n) is 11.1. The number of hydrogen-bond acceptors (Lipinski definition) is 5. The number of fused-ring (bicyclic) bond motifs is 6. The second-order valence-corrected chi connectivity index (χ2v) is 22.8. The van der Waals surface area contributed by atoms with E-state index in [1.165, 1.54) is 22.3 Å². The number of imidazole rings is 3. The summed E-state index contributed by atoms with van der Waals surface area (Å²) in [5.41, 5.74) is 20.7. The Morgan fingerprint density at radius 1 is 0.388 bits per heavy atom. The number of rotatable bonds is 8. The average Bonchev–Trinajstić information content (AvgIpc) is 1.80. The summed E-state index contributed by atoms with van der Waals surface area (Å²) in [4.78, 5) is 25.7. The maximum absolute atomic E-state index is 6.41. The monoisotopic (exact) mass is 1250 g/mol. The van der Waals surface area contributed by atoms with Gasteiger partial charge in [-0.1, -0.05) is 193 Å². The third-order valence-corrected chi connectivity index (χ3v) is 14.6. The quantitative estimate of drug-likeness (QED) is 0.0655. The molecule has 0 spiro atoms. The zero-order valence-electron chi connectivity index (χ0n) is 48.0. The van der Waals surface area contributed by atoms with Gasteiger partial charge in [0.2, 0.25) is 0 Å². The van der Waals surface area contributed by atoms with Crippen molar-refractivity contribution in [1.82, 2.24) is 38.6 Å². The van der Waals surface area contributed by atoms with Gasteiger partial charge in [0.25, 0.3) is 0 Å². The number of halogens is 1. The maximum atomic E-state index is 6.41. The van der Waals surface area contributed by atoms with Gasteiger partial charge in [-0.2, -0.15) is 9.12 Å². The van der Waals surface area contributed by atoms with E-state index in [1.807, 2.05) is 84.4 Å². The summed E-state index contributed by atoms with van der Waals surface area (Å²) < 4.78 is 13.2. The molecule has 0 fully saturated rings. The van der Waals surface area contributed by atoms with E-state index in [0.717, 1.165) is 118 Å². The van der Waals surface area contributed by atoms with E-state index in [0.29, 0.717) is 0 Å². The van der Waals surface area contributed by atoms with Crippen LogP contribution in [-0.4, -0.2) is 54.5 Å². The average molecular weight is 1250 g/mol. The minimum Gasteiger partial charge on any atom is -0.292 e. The normalized spacial score (nSPS) is 11.5. The van der Waals surface area contributed by atoms with Crippen LogP contribution in [0.5, 0.6) is 0 Å². The lowest BCUT2D eigenvalue weighted by Crippen LogP contribution is -2.02. The summed E-state index contributed by atoms with van der Waals surface area (Å²) in [6.45, 7) is 7.99. The maximum Gasteiger partial charge on any atom is 0.145 e. The lowest BCUT2D eigenvalue weighted by molar-refractivity contribution is 1.09. The van der Waals surface area contributed by atoms with E-state index in [2.05, 4.69) is 255 Å². The molecule has 0 bridgehead atoms. The highest BCUT2D eigenvalue weighted by molar-refractivity contribution is 14.2. The lowest BCUT2D eigenvalue weighted by atomic mass is 9.95. The van der Waals surface area contributed by atoms with Crippen LogP contribution in [0.4, 0.5) is 0 Å². The first-order valence-electron chi connectivity index (χ1n) is 28.4. The van der Waals surface area contributed by atoms with Crippen molar-refractivity contribution >= 4 is 107 Å². The highest BCUT2D eigenvalue weighted by Gasteiger charge is 2.23. The summed E-state index contributed by atoms with van der Waals surface area (Å²) >= 11 is 1.85. The van der Waals surface area contributed by atoms with Crippen LogP contribution in [0, 0.1) is 13.8 Å². The van der Waals surface area contributed by atoms with Gasteiger partial charge in [0.05, 0.1) is 45.4 Å². The largest absolute Gasteiger partial charge is 0.292 e. The van der Waals surface area contributed by atoms with Crippen LogP contribution >= 0.6 is 37.2 Å². The van der Waals surface area contributed by atoms with Crippen molar-refractivity contribution in [2.45, 2.75) is 20.7 Å². The van der Waals surface area contributed by atoms with Gasteiger partial charge in [-0.05, 0) is 139 Å². The fourth-order valence-corrected chi connectivity index (χ4v) is 11.1. The van der Waals surface area contributed by atoms with Crippen molar-refractivity contribution in [2.24, 2.45) is 0 Å². The van der Waals surface area contributed by atoms with Gasteiger partial charge in [-0.25, -0.2) is 15.0 Å². The third kappa shape index (κ3) is 11.7. The van der Waals surface area contributed by atoms with E-state index >= 15 is 0 Å². The zero-order chi connectivity index (χ0) is 59.1. The Kier molecular flexibility index (Phi) is 16.9. The first kappa shape index (κ1) is 55.3. The molecule has 0 saturated heterocycles. The van der Waals surface area contributed by atoms with E-state index < -0.39 is 6.05 Å². The number of benzene rings is 10. The van der Waals surface area contributed by atoms with Crippen LogP contribution < -0.4 is 0 Å². The molecule has 15 aromatic rings. The van der Waals surface area contributed by atoms with Gasteiger partial charge in [0, 0.05) is 55.9 Å². The Morgan fingerprint density at radius 3 is 0.941 bits per heavy atom. The van der Waals surface area contributed by atoms with Crippen LogP contribution in [0.25, 0.3) is 128 Å². The van der Waals surface area contributed by atoms with Gasteiger partial charge in [-0.15, -0.1) is 6.05 Å². The number of para-hydroxylation sites is 9. The van der Waals surface area contributed by atoms with Gasteiger partial charge in [-0.3, -0.25) is 23.7 Å². The Balaban J connectivity index is 0.000000174. The van der Waals surface area contributed by atoms with Gasteiger partial charge < -0.3 is 0 Å². The molecule has 2 atom stereocenters. The van der Waals surface area contributed by atoms with E-state index in [4.69, 9.17) is 33.8 Å². The molecular weight excluding hydrogens is 1190 g/mol. The highest BCUT2D eigenvalue weighted by atomic mass is 127. The molecule has 407 valence electrons. The fraction of sp³-hybridized carbons (Fsp3) is 0.0417. The Labute approximate surface area is 515 Å². The van der Waals surface area contributed by atoms with Crippen molar-refractivity contribution in [1.29, 1.82) is 1.28 Å². The minimum atomic E-state index is -0.900. The molecule has 13 heteroatoms. The van der Waals surface area contributed by atoms with Gasteiger partial charge >= 0.3 is 0 Å². The van der Waals surface area contributed by atoms with E-state index in [9.17, 15) is 0 Å². The second-order valence-electron chi connectivity index (χ2n) is 20.2. The summed E-state index contributed by atoms with van der Waals surface area (Å²) in [5, 5.41) is 2.28. The summed E-state index contributed by atoms with van der Waals surface area (Å²) in [6.07, 6.45) is 0. The van der Waals surface area contributed by atoms with Gasteiger partial charge in [0.15, 0.2) is 0 Å². The Hall–Kier alpha value is -8.85. The van der Waals surface area contributed by atoms with E-state index in [1.54, 1.807) is 0 Å². The molecule has 5 heterocycles. The molecule has 0 aliphatic heterocycles. The van der Waals surface area contributed by atoms with Crippen LogP contribution in [0.2, 0.25) is 6.82 Å². The van der Waals surface area contributed by atoms with Crippen molar-refractivity contribution in [3.8, 4) is 73.5 Å². The predicted octanol–water partition coefficient (Wildman–Crippen LogP) is 19.1. The molecule has 15 rings (SSSR count). The van der Waals surface area contributed by atoms with Crippen LogP contribution in [-0.2, 0) is 0 Å². The first-order valence-corrected chi connectivity index (χ1v) is 32.3. The molecule has 3 radical (unpaired) electrons. The smallest absolute Gasteiger partial charge is 0.145 e.